The minimum absolute atomic E-state index is 0.240. The van der Waals surface area contributed by atoms with Crippen LogP contribution in [0.25, 0.3) is 99.2 Å². The summed E-state index contributed by atoms with van der Waals surface area (Å²) >= 11 is 0. The molecule has 0 atom stereocenters. The molecule has 4 heteroatoms. The Balaban J connectivity index is 1.35. The van der Waals surface area contributed by atoms with Crippen molar-refractivity contribution in [2.75, 3.05) is 4.90 Å². The molecule has 3 aromatic heterocycles. The highest BCUT2D eigenvalue weighted by atomic mass is 16.3. The van der Waals surface area contributed by atoms with E-state index in [4.69, 9.17) is 36.6 Å². The largest absolute Gasteiger partial charge is 0.456 e. The minimum atomic E-state index is -1.30. The first kappa shape index (κ1) is 14.0. The standard InChI is InChI=1S/C54H33NO3/c1-3-13-34(14-4-1)36-25-29-38(30-26-36)55(39-31-27-37(28-32-39)35-15-5-2-6-16-35)45-21-12-24-48-50(45)44-33-49-51(42-18-8-10-23-47(42)56-49)52(54(44)58-48)43-20-11-19-41-40-17-7-9-22-46(40)57-53(41)43/h1-33H/i1D,2D,3D,4D,5D,6D,7D,8D,9D,10D,11D,12D,13D,14D,15D,16D,17D,18D,20D,21D,22D,23D,24D,25D,26D,27D,28D,29D,30D,31D,32D,33D. The summed E-state index contributed by atoms with van der Waals surface area (Å²) < 4.78 is 309. The summed E-state index contributed by atoms with van der Waals surface area (Å²) in [5.41, 5.74) is -12.2. The predicted molar refractivity (Wildman–Crippen MR) is 239 cm³/mol. The van der Waals surface area contributed by atoms with Gasteiger partial charge in [0.05, 0.1) is 54.9 Å². The number of para-hydroxylation sites is 3. The van der Waals surface area contributed by atoms with Crippen LogP contribution in [0.4, 0.5) is 17.1 Å². The molecule has 12 aromatic rings. The zero-order valence-corrected chi connectivity index (χ0v) is 28.7. The summed E-state index contributed by atoms with van der Waals surface area (Å²) in [5.74, 6) is 0. The summed E-state index contributed by atoms with van der Waals surface area (Å²) in [6, 6.07) is -30.8. The van der Waals surface area contributed by atoms with Gasteiger partial charge in [-0.3, -0.25) is 0 Å². The lowest BCUT2D eigenvalue weighted by atomic mass is 9.94. The SMILES string of the molecule is [2H]c1cc2c(oc3c([2H])c([2H])c([2H])c([2H])c32)c(-c2c3oc4c([2H])c([2H])c([2H])c(N(c5c([2H])c([2H])c(-c6c([2H])c([2H])c([2H])c([2H])c6[2H])c([2H])c5[2H])c5c([2H])c([2H])c(-c6c([2H])c([2H])c([2H])c([2H])c6[2H])c([2H])c5[2H])c4c3c([2H])c3oc4c([2H])c([2H])c([2H])c([2H])c4c23)c1[2H]. The van der Waals surface area contributed by atoms with E-state index in [2.05, 4.69) is 0 Å². The molecule has 0 aliphatic heterocycles. The molecule has 9 aromatic carbocycles. The third-order valence-corrected chi connectivity index (χ3v) is 9.21. The Morgan fingerprint density at radius 1 is 0.362 bits per heavy atom. The van der Waals surface area contributed by atoms with Crippen LogP contribution in [-0.2, 0) is 0 Å². The molecule has 0 radical (unpaired) electrons. The number of hydrogen-bond acceptors (Lipinski definition) is 4. The van der Waals surface area contributed by atoms with Crippen LogP contribution in [0.3, 0.4) is 0 Å². The second-order valence-electron chi connectivity index (χ2n) is 12.4. The average Bonchev–Trinajstić information content (AvgIpc) is 1.46. The molecule has 0 spiro atoms. The van der Waals surface area contributed by atoms with Gasteiger partial charge in [0.2, 0.25) is 0 Å². The molecular formula is C54H33NO3. The Morgan fingerprint density at radius 2 is 0.914 bits per heavy atom. The molecular weight excluding hydrogens is 711 g/mol. The van der Waals surface area contributed by atoms with E-state index < -0.39 is 299 Å². The van der Waals surface area contributed by atoms with Crippen molar-refractivity contribution in [2.45, 2.75) is 0 Å². The van der Waals surface area contributed by atoms with Crippen molar-refractivity contribution < 1.29 is 57.1 Å². The lowest BCUT2D eigenvalue weighted by Gasteiger charge is -2.26. The van der Waals surface area contributed by atoms with Gasteiger partial charge < -0.3 is 18.2 Å². The van der Waals surface area contributed by atoms with Crippen molar-refractivity contribution >= 4 is 82.9 Å². The molecule has 0 unspecified atom stereocenters. The van der Waals surface area contributed by atoms with Crippen LogP contribution in [0.1, 0.15) is 43.9 Å². The van der Waals surface area contributed by atoms with Gasteiger partial charge in [-0.25, -0.2) is 0 Å². The maximum atomic E-state index is 10.1. The van der Waals surface area contributed by atoms with E-state index in [9.17, 15) is 20.6 Å². The molecule has 4 nitrogen and oxygen atoms in total. The Hall–Kier alpha value is -7.82. The molecule has 0 amide bonds. The number of rotatable bonds is 6. The van der Waals surface area contributed by atoms with Gasteiger partial charge in [0.1, 0.15) is 33.5 Å². The number of fused-ring (bicyclic) bond motifs is 9. The maximum absolute atomic E-state index is 10.1. The molecule has 0 aliphatic carbocycles. The molecule has 0 aliphatic rings. The molecule has 0 N–H and O–H groups in total. The van der Waals surface area contributed by atoms with Gasteiger partial charge in [-0.1, -0.05) is 145 Å². The molecule has 0 saturated carbocycles. The third kappa shape index (κ3) is 5.02. The van der Waals surface area contributed by atoms with Gasteiger partial charge in [-0.2, -0.15) is 0 Å². The molecule has 12 rings (SSSR count). The average molecular weight is 776 g/mol. The van der Waals surface area contributed by atoms with E-state index in [1.165, 1.54) is 0 Å². The predicted octanol–water partition coefficient (Wildman–Crippen LogP) is 15.9. The summed E-state index contributed by atoms with van der Waals surface area (Å²) in [4.78, 5) is 0.390. The Bertz CT molecular complexity index is 5160. The van der Waals surface area contributed by atoms with Crippen molar-refractivity contribution in [1.82, 2.24) is 0 Å². The fraction of sp³-hybridized carbons (Fsp3) is 0. The second-order valence-corrected chi connectivity index (χ2v) is 12.4. The Kier molecular flexibility index (Phi) is 3.10. The van der Waals surface area contributed by atoms with Crippen molar-refractivity contribution in [1.29, 1.82) is 0 Å². The topological polar surface area (TPSA) is 42.7 Å². The molecule has 3 heterocycles. The van der Waals surface area contributed by atoms with Crippen LogP contribution in [0.5, 0.6) is 0 Å². The van der Waals surface area contributed by atoms with Gasteiger partial charge in [0, 0.05) is 49.4 Å². The summed E-state index contributed by atoms with van der Waals surface area (Å²) in [7, 11) is 0. The smallest absolute Gasteiger partial charge is 0.144 e. The van der Waals surface area contributed by atoms with E-state index in [1.807, 2.05) is 0 Å². The van der Waals surface area contributed by atoms with Gasteiger partial charge >= 0.3 is 0 Å². The monoisotopic (exact) mass is 775 g/mol. The fourth-order valence-electron chi connectivity index (χ4n) is 6.78. The highest BCUT2D eigenvalue weighted by Crippen LogP contribution is 2.50. The summed E-state index contributed by atoms with van der Waals surface area (Å²) in [5, 5.41) is -3.10. The highest BCUT2D eigenvalue weighted by Gasteiger charge is 2.26. The summed E-state index contributed by atoms with van der Waals surface area (Å²) in [6.45, 7) is 0. The zero-order valence-electron chi connectivity index (χ0n) is 60.7. The Morgan fingerprint density at radius 3 is 1.59 bits per heavy atom. The molecule has 0 fully saturated rings. The first-order valence-electron chi connectivity index (χ1n) is 33.0. The van der Waals surface area contributed by atoms with Crippen LogP contribution in [0.2, 0.25) is 0 Å². The number of anilines is 3. The number of furan rings is 3. The number of hydrogen-bond donors (Lipinski definition) is 0. The van der Waals surface area contributed by atoms with Crippen LogP contribution in [-0.4, -0.2) is 0 Å². The molecule has 0 saturated heterocycles. The van der Waals surface area contributed by atoms with Gasteiger partial charge in [0.25, 0.3) is 0 Å². The van der Waals surface area contributed by atoms with Crippen molar-refractivity contribution in [3.8, 4) is 33.4 Å². The molecule has 272 valence electrons. The maximum Gasteiger partial charge on any atom is 0.144 e. The van der Waals surface area contributed by atoms with Crippen LogP contribution >= 0.6 is 0 Å². The first-order chi connectivity index (χ1) is 42.1. The van der Waals surface area contributed by atoms with E-state index in [0.717, 1.165) is 6.07 Å². The van der Waals surface area contributed by atoms with Gasteiger partial charge in [-0.15, -0.1) is 0 Å². The molecule has 0 bridgehead atoms. The van der Waals surface area contributed by atoms with Crippen LogP contribution in [0.15, 0.2) is 213 Å². The third-order valence-electron chi connectivity index (χ3n) is 9.21. The normalized spacial score (nSPS) is 19.5. The lowest BCUT2D eigenvalue weighted by Crippen LogP contribution is -2.10. The summed E-state index contributed by atoms with van der Waals surface area (Å²) in [6.07, 6.45) is 0. The van der Waals surface area contributed by atoms with E-state index >= 15 is 0 Å². The van der Waals surface area contributed by atoms with Crippen molar-refractivity contribution in [3.05, 3.63) is 199 Å². The lowest BCUT2D eigenvalue weighted by molar-refractivity contribution is 0.662. The number of benzene rings is 9. The van der Waals surface area contributed by atoms with E-state index in [0.29, 0.717) is 4.90 Å². The van der Waals surface area contributed by atoms with Crippen molar-refractivity contribution in [3.63, 3.8) is 0 Å². The Labute approximate surface area is 378 Å². The first-order valence-corrected chi connectivity index (χ1v) is 17.0. The second kappa shape index (κ2) is 12.9. The zero-order chi connectivity index (χ0) is 66.0. The van der Waals surface area contributed by atoms with Crippen molar-refractivity contribution in [2.24, 2.45) is 0 Å². The van der Waals surface area contributed by atoms with Crippen LogP contribution in [0, 0.1) is 0 Å². The highest BCUT2D eigenvalue weighted by molar-refractivity contribution is 6.27. The molecule has 58 heavy (non-hydrogen) atoms. The quantitative estimate of drug-likeness (QED) is 0.169. The van der Waals surface area contributed by atoms with E-state index in [-0.39, 0.29) is 10.8 Å². The minimum Gasteiger partial charge on any atom is -0.456 e. The van der Waals surface area contributed by atoms with Crippen LogP contribution < -0.4 is 4.90 Å². The van der Waals surface area contributed by atoms with E-state index in [1.54, 1.807) is 0 Å². The fourth-order valence-corrected chi connectivity index (χ4v) is 6.78. The van der Waals surface area contributed by atoms with Gasteiger partial charge in [-0.05, 0) is 76.6 Å². The number of nitrogens with zero attached hydrogens (tertiary/aromatic N) is 1. The van der Waals surface area contributed by atoms with Gasteiger partial charge in [0.15, 0.2) is 0 Å².